The molecule has 0 saturated carbocycles. The number of amides is 2. The SMILES string of the molecule is CC(C)CCC(=O)c1nnc(SCCN(C)C(=O)NC2CCOCC2)o1. The van der Waals surface area contributed by atoms with Crippen molar-refractivity contribution in [2.75, 3.05) is 32.6 Å². The summed E-state index contributed by atoms with van der Waals surface area (Å²) in [5.74, 6) is 1.02. The molecule has 2 rings (SSSR count). The van der Waals surface area contributed by atoms with Crippen LogP contribution in [0.25, 0.3) is 0 Å². The van der Waals surface area contributed by atoms with Gasteiger partial charge in [-0.25, -0.2) is 4.79 Å². The summed E-state index contributed by atoms with van der Waals surface area (Å²) in [4.78, 5) is 25.7. The summed E-state index contributed by atoms with van der Waals surface area (Å²) in [7, 11) is 1.75. The molecule has 8 nitrogen and oxygen atoms in total. The number of ketones is 1. The number of urea groups is 1. The molecule has 9 heteroatoms. The maximum atomic E-state index is 12.1. The summed E-state index contributed by atoms with van der Waals surface area (Å²) in [6, 6.07) is 0.0919. The largest absolute Gasteiger partial charge is 0.408 e. The Bertz CT molecular complexity index is 587. The van der Waals surface area contributed by atoms with E-state index in [4.69, 9.17) is 9.15 Å². The quantitative estimate of drug-likeness (QED) is 0.516. The number of nitrogens with one attached hydrogen (secondary N) is 1. The van der Waals surface area contributed by atoms with Crippen molar-refractivity contribution in [2.45, 2.75) is 50.8 Å². The fraction of sp³-hybridized carbons (Fsp3) is 0.765. The molecule has 0 spiro atoms. The number of carbonyl (C=O) groups excluding carboxylic acids is 2. The van der Waals surface area contributed by atoms with Gasteiger partial charge >= 0.3 is 6.03 Å². The van der Waals surface area contributed by atoms with E-state index < -0.39 is 0 Å². The van der Waals surface area contributed by atoms with Crippen LogP contribution in [-0.4, -0.2) is 65.5 Å². The van der Waals surface area contributed by atoms with Crippen molar-refractivity contribution in [3.8, 4) is 0 Å². The van der Waals surface area contributed by atoms with E-state index in [2.05, 4.69) is 29.4 Å². The van der Waals surface area contributed by atoms with Gasteiger partial charge in [-0.3, -0.25) is 4.79 Å². The van der Waals surface area contributed by atoms with Crippen molar-refractivity contribution in [3.05, 3.63) is 5.89 Å². The molecule has 1 saturated heterocycles. The third-order valence-corrected chi connectivity index (χ3v) is 4.94. The third-order valence-electron chi connectivity index (χ3n) is 4.14. The average molecular weight is 385 g/mol. The lowest BCUT2D eigenvalue weighted by molar-refractivity contribution is 0.0786. The molecule has 1 fully saturated rings. The van der Waals surface area contributed by atoms with Crippen LogP contribution >= 0.6 is 11.8 Å². The summed E-state index contributed by atoms with van der Waals surface area (Å²) < 4.78 is 10.7. The summed E-state index contributed by atoms with van der Waals surface area (Å²) in [6.07, 6.45) is 2.92. The Morgan fingerprint density at radius 3 is 2.73 bits per heavy atom. The van der Waals surface area contributed by atoms with Crippen LogP contribution in [0, 0.1) is 5.92 Å². The molecule has 1 aliphatic heterocycles. The second-order valence-corrected chi connectivity index (χ2v) is 7.88. The van der Waals surface area contributed by atoms with E-state index in [0.717, 1.165) is 19.3 Å². The lowest BCUT2D eigenvalue weighted by atomic mass is 10.1. The molecule has 1 aromatic rings. The fourth-order valence-corrected chi connectivity index (χ4v) is 3.18. The highest BCUT2D eigenvalue weighted by atomic mass is 32.2. The minimum absolute atomic E-state index is 0.0683. The molecule has 0 bridgehead atoms. The number of aromatic nitrogens is 2. The summed E-state index contributed by atoms with van der Waals surface area (Å²) in [6.45, 7) is 6.06. The smallest absolute Gasteiger partial charge is 0.317 e. The van der Waals surface area contributed by atoms with Crippen LogP contribution in [0.1, 0.15) is 50.2 Å². The molecule has 0 aliphatic carbocycles. The standard InChI is InChI=1S/C17H28N4O4S/c1-12(2)4-5-14(22)15-19-20-17(25-15)26-11-8-21(3)16(23)18-13-6-9-24-10-7-13/h12-13H,4-11H2,1-3H3,(H,18,23). The Morgan fingerprint density at radius 2 is 2.04 bits per heavy atom. The van der Waals surface area contributed by atoms with Gasteiger partial charge < -0.3 is 19.4 Å². The molecular formula is C17H28N4O4S. The fourth-order valence-electron chi connectivity index (χ4n) is 2.41. The molecule has 0 atom stereocenters. The molecule has 0 aromatic carbocycles. The van der Waals surface area contributed by atoms with Crippen LogP contribution in [0.5, 0.6) is 0 Å². The van der Waals surface area contributed by atoms with Gasteiger partial charge in [0.25, 0.3) is 11.1 Å². The number of carbonyl (C=O) groups is 2. The van der Waals surface area contributed by atoms with Crippen molar-refractivity contribution in [3.63, 3.8) is 0 Å². The molecule has 2 heterocycles. The Morgan fingerprint density at radius 1 is 1.31 bits per heavy atom. The maximum absolute atomic E-state index is 12.1. The van der Waals surface area contributed by atoms with Gasteiger partial charge in [0, 0.05) is 45.0 Å². The minimum Gasteiger partial charge on any atom is -0.408 e. The molecule has 2 amide bonds. The van der Waals surface area contributed by atoms with Crippen molar-refractivity contribution in [2.24, 2.45) is 5.92 Å². The number of hydrogen-bond donors (Lipinski definition) is 1. The highest BCUT2D eigenvalue weighted by Gasteiger charge is 2.19. The van der Waals surface area contributed by atoms with Gasteiger partial charge in [0.1, 0.15) is 0 Å². The molecule has 1 N–H and O–H groups in total. The molecule has 1 aromatic heterocycles. The van der Waals surface area contributed by atoms with Gasteiger partial charge in [-0.15, -0.1) is 10.2 Å². The van der Waals surface area contributed by atoms with E-state index in [-0.39, 0.29) is 23.7 Å². The lowest BCUT2D eigenvalue weighted by Gasteiger charge is -2.26. The van der Waals surface area contributed by atoms with Crippen molar-refractivity contribution >= 4 is 23.6 Å². The van der Waals surface area contributed by atoms with E-state index in [0.29, 0.717) is 43.1 Å². The van der Waals surface area contributed by atoms with Crippen molar-refractivity contribution in [1.29, 1.82) is 0 Å². The summed E-state index contributed by atoms with van der Waals surface area (Å²) in [5.41, 5.74) is 0. The van der Waals surface area contributed by atoms with Crippen LogP contribution in [0.3, 0.4) is 0 Å². The van der Waals surface area contributed by atoms with E-state index >= 15 is 0 Å². The number of Topliss-reactive ketones (excluding diaryl/α,β-unsaturated/α-hetero) is 1. The first-order chi connectivity index (χ1) is 12.5. The second-order valence-electron chi connectivity index (χ2n) is 6.83. The van der Waals surface area contributed by atoms with Crippen LogP contribution in [-0.2, 0) is 4.74 Å². The number of ether oxygens (including phenoxy) is 1. The first-order valence-corrected chi connectivity index (χ1v) is 10.0. The minimum atomic E-state index is -0.119. The number of nitrogens with zero attached hydrogens (tertiary/aromatic N) is 3. The summed E-state index contributed by atoms with van der Waals surface area (Å²) >= 11 is 1.34. The number of hydrogen-bond acceptors (Lipinski definition) is 7. The van der Waals surface area contributed by atoms with Gasteiger partial charge in [0.15, 0.2) is 0 Å². The van der Waals surface area contributed by atoms with Crippen LogP contribution < -0.4 is 5.32 Å². The molecule has 26 heavy (non-hydrogen) atoms. The highest BCUT2D eigenvalue weighted by molar-refractivity contribution is 7.99. The van der Waals surface area contributed by atoms with E-state index in [9.17, 15) is 9.59 Å². The Kier molecular flexibility index (Phi) is 8.37. The topological polar surface area (TPSA) is 97.6 Å². The normalized spacial score (nSPS) is 15.2. The molecule has 1 aliphatic rings. The Balaban J connectivity index is 1.68. The first-order valence-electron chi connectivity index (χ1n) is 9.04. The van der Waals surface area contributed by atoms with Gasteiger partial charge in [0.2, 0.25) is 5.78 Å². The van der Waals surface area contributed by atoms with Crippen molar-refractivity contribution in [1.82, 2.24) is 20.4 Å². The Hall–Kier alpha value is -1.61. The zero-order chi connectivity index (χ0) is 18.9. The zero-order valence-corrected chi connectivity index (χ0v) is 16.5. The van der Waals surface area contributed by atoms with Crippen LogP contribution in [0.2, 0.25) is 0 Å². The third kappa shape index (κ3) is 6.95. The monoisotopic (exact) mass is 384 g/mol. The molecular weight excluding hydrogens is 356 g/mol. The molecule has 0 radical (unpaired) electrons. The molecule has 146 valence electrons. The van der Waals surface area contributed by atoms with E-state index in [1.807, 2.05) is 0 Å². The number of rotatable bonds is 9. The highest BCUT2D eigenvalue weighted by Crippen LogP contribution is 2.18. The van der Waals surface area contributed by atoms with Gasteiger partial charge in [-0.05, 0) is 25.2 Å². The average Bonchev–Trinajstić information content (AvgIpc) is 3.09. The van der Waals surface area contributed by atoms with Gasteiger partial charge in [-0.2, -0.15) is 0 Å². The lowest BCUT2D eigenvalue weighted by Crippen LogP contribution is -2.45. The second kappa shape index (κ2) is 10.5. The maximum Gasteiger partial charge on any atom is 0.317 e. The van der Waals surface area contributed by atoms with Gasteiger partial charge in [-0.1, -0.05) is 25.6 Å². The number of thioether (sulfide) groups is 1. The predicted molar refractivity (Wildman–Crippen MR) is 98.4 cm³/mol. The van der Waals surface area contributed by atoms with Crippen molar-refractivity contribution < 1.29 is 18.7 Å². The van der Waals surface area contributed by atoms with E-state index in [1.165, 1.54) is 11.8 Å². The Labute approximate surface area is 158 Å². The van der Waals surface area contributed by atoms with Crippen LogP contribution in [0.4, 0.5) is 4.79 Å². The van der Waals surface area contributed by atoms with Crippen LogP contribution in [0.15, 0.2) is 9.64 Å². The first kappa shape index (κ1) is 20.7. The summed E-state index contributed by atoms with van der Waals surface area (Å²) in [5, 5.41) is 11.1. The molecule has 0 unspecified atom stereocenters. The van der Waals surface area contributed by atoms with Gasteiger partial charge in [0.05, 0.1) is 0 Å². The van der Waals surface area contributed by atoms with E-state index in [1.54, 1.807) is 11.9 Å². The predicted octanol–water partition coefficient (Wildman–Crippen LogP) is 2.60. The zero-order valence-electron chi connectivity index (χ0n) is 15.7.